The van der Waals surface area contributed by atoms with E-state index in [9.17, 15) is 13.2 Å². The average molecular weight is 327 g/mol. The summed E-state index contributed by atoms with van der Waals surface area (Å²) in [5.74, 6) is 0. The van der Waals surface area contributed by atoms with Gasteiger partial charge in [-0.05, 0) is 6.42 Å². The predicted octanol–water partition coefficient (Wildman–Crippen LogP) is 0.951. The van der Waals surface area contributed by atoms with Crippen LogP contribution < -0.4 is 0 Å². The molecule has 0 aliphatic heterocycles. The van der Waals surface area contributed by atoms with Gasteiger partial charge in [0.15, 0.2) is 0 Å². The van der Waals surface area contributed by atoms with Crippen molar-refractivity contribution in [1.29, 1.82) is 0 Å². The number of carbonyl (C=O) groups excluding carboxylic acids is 1. The highest BCUT2D eigenvalue weighted by molar-refractivity contribution is 7.89. The number of nitrogens with zero attached hydrogens (tertiary/aromatic N) is 5. The van der Waals surface area contributed by atoms with Gasteiger partial charge in [0.05, 0.1) is 0 Å². The van der Waals surface area contributed by atoms with Gasteiger partial charge in [0.2, 0.25) is 0 Å². The standard InChI is InChI=1S/C13H21N5O3S/c1-5-8-16(4)13(19)18-11-14-12(15-18)22(20,21)17(9-6-2)10-7-3/h6-7,11H,2-3,5,8-10H2,1,4H3. The summed E-state index contributed by atoms with van der Waals surface area (Å²) in [6.45, 7) is 9.72. The molecule has 0 aliphatic rings. The van der Waals surface area contributed by atoms with E-state index >= 15 is 0 Å². The summed E-state index contributed by atoms with van der Waals surface area (Å²) in [5, 5.41) is 3.36. The zero-order valence-electron chi connectivity index (χ0n) is 12.8. The van der Waals surface area contributed by atoms with Gasteiger partial charge in [0.1, 0.15) is 6.33 Å². The Labute approximate surface area is 130 Å². The summed E-state index contributed by atoms with van der Waals surface area (Å²) < 4.78 is 26.9. The Morgan fingerprint density at radius 1 is 1.36 bits per heavy atom. The van der Waals surface area contributed by atoms with E-state index in [1.807, 2.05) is 6.92 Å². The van der Waals surface area contributed by atoms with Gasteiger partial charge in [0.25, 0.3) is 15.2 Å². The number of hydrogen-bond acceptors (Lipinski definition) is 5. The lowest BCUT2D eigenvalue weighted by molar-refractivity contribution is 0.207. The van der Waals surface area contributed by atoms with E-state index in [1.54, 1.807) is 7.05 Å². The average Bonchev–Trinajstić information content (AvgIpc) is 2.97. The minimum absolute atomic E-state index is 0.104. The molecule has 0 saturated heterocycles. The van der Waals surface area contributed by atoms with Crippen LogP contribution in [0.3, 0.4) is 0 Å². The van der Waals surface area contributed by atoms with E-state index in [-0.39, 0.29) is 13.1 Å². The van der Waals surface area contributed by atoms with Crippen molar-refractivity contribution in [2.75, 3.05) is 26.7 Å². The van der Waals surface area contributed by atoms with Crippen LogP contribution in [-0.4, -0.2) is 65.1 Å². The molecule has 0 atom stereocenters. The smallest absolute Gasteiger partial charge is 0.326 e. The lowest BCUT2D eigenvalue weighted by atomic mass is 10.4. The number of sulfonamides is 1. The molecule has 22 heavy (non-hydrogen) atoms. The number of hydrogen-bond donors (Lipinski definition) is 0. The van der Waals surface area contributed by atoms with Crippen LogP contribution in [0.1, 0.15) is 13.3 Å². The van der Waals surface area contributed by atoms with Crippen molar-refractivity contribution >= 4 is 16.1 Å². The molecule has 1 aromatic heterocycles. The maximum absolute atomic E-state index is 12.4. The first-order valence-corrected chi connectivity index (χ1v) is 8.21. The summed E-state index contributed by atoms with van der Waals surface area (Å²) in [6.07, 6.45) is 4.80. The Balaban J connectivity index is 3.05. The zero-order chi connectivity index (χ0) is 16.8. The molecule has 0 radical (unpaired) electrons. The topological polar surface area (TPSA) is 88.4 Å². The molecule has 9 heteroatoms. The highest BCUT2D eigenvalue weighted by atomic mass is 32.2. The number of rotatable bonds is 8. The van der Waals surface area contributed by atoms with Gasteiger partial charge in [-0.3, -0.25) is 0 Å². The van der Waals surface area contributed by atoms with E-state index in [4.69, 9.17) is 0 Å². The summed E-state index contributed by atoms with van der Waals surface area (Å²) in [6, 6.07) is -0.435. The maximum Gasteiger partial charge on any atom is 0.345 e. The lowest BCUT2D eigenvalue weighted by Gasteiger charge is -2.16. The Morgan fingerprint density at radius 3 is 2.45 bits per heavy atom. The maximum atomic E-state index is 12.4. The van der Waals surface area contributed by atoms with Crippen molar-refractivity contribution in [3.63, 3.8) is 0 Å². The third-order valence-electron chi connectivity index (χ3n) is 2.79. The highest BCUT2D eigenvalue weighted by Gasteiger charge is 2.28. The van der Waals surface area contributed by atoms with Gasteiger partial charge in [-0.15, -0.1) is 18.3 Å². The molecule has 0 unspecified atom stereocenters. The van der Waals surface area contributed by atoms with Crippen LogP contribution in [-0.2, 0) is 10.0 Å². The fourth-order valence-corrected chi connectivity index (χ4v) is 2.94. The van der Waals surface area contributed by atoms with Gasteiger partial charge >= 0.3 is 6.03 Å². The Kier molecular flexibility index (Phi) is 6.44. The molecule has 8 nitrogen and oxygen atoms in total. The molecular weight excluding hydrogens is 306 g/mol. The van der Waals surface area contributed by atoms with E-state index in [0.29, 0.717) is 6.54 Å². The molecule has 1 rings (SSSR count). The first-order valence-electron chi connectivity index (χ1n) is 6.77. The van der Waals surface area contributed by atoms with E-state index in [1.165, 1.54) is 17.1 Å². The molecule has 0 N–H and O–H groups in total. The molecule has 0 saturated carbocycles. The first kappa shape index (κ1) is 18.1. The van der Waals surface area contributed by atoms with Crippen LogP contribution >= 0.6 is 0 Å². The van der Waals surface area contributed by atoms with Crippen LogP contribution in [0.15, 0.2) is 36.8 Å². The molecular formula is C13H21N5O3S. The molecule has 1 amide bonds. The van der Waals surface area contributed by atoms with E-state index in [0.717, 1.165) is 21.7 Å². The Morgan fingerprint density at radius 2 is 1.95 bits per heavy atom. The lowest BCUT2D eigenvalue weighted by Crippen LogP contribution is -2.34. The molecule has 0 fully saturated rings. The van der Waals surface area contributed by atoms with Gasteiger partial charge in [-0.25, -0.2) is 18.2 Å². The van der Waals surface area contributed by atoms with Crippen molar-refractivity contribution in [1.82, 2.24) is 24.0 Å². The molecule has 0 bridgehead atoms. The second-order valence-corrected chi connectivity index (χ2v) is 6.41. The normalized spacial score (nSPS) is 11.4. The SMILES string of the molecule is C=CCN(CC=C)S(=O)(=O)c1ncn(C(=O)N(C)CCC)n1. The number of aromatic nitrogens is 3. The second kappa shape index (κ2) is 7.85. The molecule has 1 heterocycles. The quantitative estimate of drug-likeness (QED) is 0.663. The van der Waals surface area contributed by atoms with Gasteiger partial charge < -0.3 is 4.90 Å². The third-order valence-corrected chi connectivity index (χ3v) is 4.41. The summed E-state index contributed by atoms with van der Waals surface area (Å²) >= 11 is 0. The van der Waals surface area contributed by atoms with Crippen molar-refractivity contribution in [3.8, 4) is 0 Å². The number of carbonyl (C=O) groups is 1. The second-order valence-electron chi connectivity index (χ2n) is 4.58. The third kappa shape index (κ3) is 4.01. The van der Waals surface area contributed by atoms with E-state index < -0.39 is 21.2 Å². The highest BCUT2D eigenvalue weighted by Crippen LogP contribution is 2.11. The molecule has 0 aliphatic carbocycles. The summed E-state index contributed by atoms with van der Waals surface area (Å²) in [4.78, 5) is 17.2. The van der Waals surface area contributed by atoms with Crippen molar-refractivity contribution in [2.45, 2.75) is 18.5 Å². The van der Waals surface area contributed by atoms with Crippen LogP contribution in [0.25, 0.3) is 0 Å². The Hall–Kier alpha value is -2.00. The first-order chi connectivity index (χ1) is 10.4. The van der Waals surface area contributed by atoms with E-state index in [2.05, 4.69) is 23.2 Å². The fraction of sp³-hybridized carbons (Fsp3) is 0.462. The predicted molar refractivity (Wildman–Crippen MR) is 82.9 cm³/mol. The zero-order valence-corrected chi connectivity index (χ0v) is 13.7. The minimum atomic E-state index is -3.90. The van der Waals surface area contributed by atoms with Crippen LogP contribution in [0.2, 0.25) is 0 Å². The van der Waals surface area contributed by atoms with Crippen LogP contribution in [0.5, 0.6) is 0 Å². The number of amides is 1. The van der Waals surface area contributed by atoms with Gasteiger partial charge in [-0.2, -0.15) is 8.99 Å². The van der Waals surface area contributed by atoms with Gasteiger partial charge in [0, 0.05) is 26.7 Å². The minimum Gasteiger partial charge on any atom is -0.326 e. The van der Waals surface area contributed by atoms with Crippen molar-refractivity contribution in [3.05, 3.63) is 31.6 Å². The van der Waals surface area contributed by atoms with Gasteiger partial charge in [-0.1, -0.05) is 19.1 Å². The monoisotopic (exact) mass is 327 g/mol. The molecule has 122 valence electrons. The summed E-state index contributed by atoms with van der Waals surface area (Å²) in [7, 11) is -2.28. The molecule has 0 aromatic carbocycles. The Bertz CT molecular complexity index is 628. The fourth-order valence-electron chi connectivity index (χ4n) is 1.74. The van der Waals surface area contributed by atoms with Crippen LogP contribution in [0.4, 0.5) is 4.79 Å². The van der Waals surface area contributed by atoms with Crippen LogP contribution in [0, 0.1) is 0 Å². The summed E-state index contributed by atoms with van der Waals surface area (Å²) in [5.41, 5.74) is 0. The largest absolute Gasteiger partial charge is 0.345 e. The van der Waals surface area contributed by atoms with Crippen molar-refractivity contribution < 1.29 is 13.2 Å². The van der Waals surface area contributed by atoms with Crippen molar-refractivity contribution in [2.24, 2.45) is 0 Å². The molecule has 1 aromatic rings. The molecule has 0 spiro atoms.